The van der Waals surface area contributed by atoms with Gasteiger partial charge in [0.15, 0.2) is 5.76 Å². The minimum Gasteiger partial charge on any atom is -0.456 e. The van der Waals surface area contributed by atoms with Gasteiger partial charge in [-0.05, 0) is 49.6 Å². The van der Waals surface area contributed by atoms with E-state index in [1.807, 2.05) is 30.0 Å². The molecule has 0 radical (unpaired) electrons. The first-order chi connectivity index (χ1) is 11.7. The maximum absolute atomic E-state index is 12.8. The zero-order valence-electron chi connectivity index (χ0n) is 13.9. The summed E-state index contributed by atoms with van der Waals surface area (Å²) in [5, 5.41) is 0. The van der Waals surface area contributed by atoms with Crippen LogP contribution < -0.4 is 0 Å². The van der Waals surface area contributed by atoms with Crippen molar-refractivity contribution < 1.29 is 13.9 Å². The largest absolute Gasteiger partial charge is 0.456 e. The molecule has 2 atom stereocenters. The third-order valence-electron chi connectivity index (χ3n) is 4.32. The highest BCUT2D eigenvalue weighted by Crippen LogP contribution is 2.26. The van der Waals surface area contributed by atoms with Crippen LogP contribution in [-0.2, 0) is 11.2 Å². The number of ether oxygens (including phenoxy) is 1. The Balaban J connectivity index is 1.80. The van der Waals surface area contributed by atoms with Gasteiger partial charge in [-0.15, -0.1) is 6.58 Å². The Bertz CT molecular complexity index is 696. The molecule has 0 N–H and O–H groups in total. The van der Waals surface area contributed by atoms with Crippen LogP contribution in [0.5, 0.6) is 0 Å². The molecule has 1 saturated heterocycles. The van der Waals surface area contributed by atoms with E-state index in [9.17, 15) is 4.79 Å². The van der Waals surface area contributed by atoms with Crippen LogP contribution in [0.3, 0.4) is 0 Å². The van der Waals surface area contributed by atoms with Crippen molar-refractivity contribution in [3.8, 4) is 0 Å². The summed E-state index contributed by atoms with van der Waals surface area (Å²) in [5.41, 5.74) is 1.14. The van der Waals surface area contributed by atoms with E-state index in [-0.39, 0.29) is 18.1 Å². The zero-order chi connectivity index (χ0) is 16.9. The van der Waals surface area contributed by atoms with Crippen LogP contribution in [-0.4, -0.2) is 41.1 Å². The van der Waals surface area contributed by atoms with E-state index in [0.29, 0.717) is 18.9 Å². The van der Waals surface area contributed by atoms with Gasteiger partial charge in [0.2, 0.25) is 0 Å². The summed E-state index contributed by atoms with van der Waals surface area (Å²) in [5.74, 6) is 1.05. The average molecular weight is 326 g/mol. The number of nitrogens with zero attached hydrogens (tertiary/aromatic N) is 2. The van der Waals surface area contributed by atoms with Gasteiger partial charge < -0.3 is 14.1 Å². The van der Waals surface area contributed by atoms with Crippen LogP contribution in [0.2, 0.25) is 0 Å². The number of rotatable bonds is 6. The van der Waals surface area contributed by atoms with Crippen LogP contribution in [0.25, 0.3) is 0 Å². The van der Waals surface area contributed by atoms with Gasteiger partial charge in [0, 0.05) is 18.9 Å². The van der Waals surface area contributed by atoms with Crippen LogP contribution in [0.4, 0.5) is 0 Å². The summed E-state index contributed by atoms with van der Waals surface area (Å²) in [6.45, 7) is 6.69. The van der Waals surface area contributed by atoms with Crippen molar-refractivity contribution in [2.75, 3.05) is 13.2 Å². The monoisotopic (exact) mass is 326 g/mol. The second-order valence-corrected chi connectivity index (χ2v) is 5.98. The van der Waals surface area contributed by atoms with E-state index in [1.54, 1.807) is 24.5 Å². The highest BCUT2D eigenvalue weighted by molar-refractivity contribution is 5.92. The van der Waals surface area contributed by atoms with Crippen molar-refractivity contribution in [1.82, 2.24) is 9.88 Å². The molecule has 1 aliphatic heterocycles. The topological polar surface area (TPSA) is 55.6 Å². The zero-order valence-corrected chi connectivity index (χ0v) is 13.9. The first-order valence-electron chi connectivity index (χ1n) is 8.18. The van der Waals surface area contributed by atoms with E-state index >= 15 is 0 Å². The summed E-state index contributed by atoms with van der Waals surface area (Å²) in [7, 11) is 0. The average Bonchev–Trinajstić information content (AvgIpc) is 3.20. The number of likely N-dealkylation sites (tertiary alicyclic amines) is 1. The van der Waals surface area contributed by atoms with Gasteiger partial charge in [0.05, 0.1) is 18.8 Å². The molecule has 1 amide bonds. The third kappa shape index (κ3) is 3.57. The van der Waals surface area contributed by atoms with Crippen molar-refractivity contribution in [3.05, 3.63) is 66.4 Å². The normalized spacial score (nSPS) is 20.3. The third-order valence-corrected chi connectivity index (χ3v) is 4.32. The molecule has 24 heavy (non-hydrogen) atoms. The molecule has 5 heteroatoms. The molecule has 2 aromatic heterocycles. The highest BCUT2D eigenvalue weighted by atomic mass is 16.5. The van der Waals surface area contributed by atoms with Gasteiger partial charge in [-0.25, -0.2) is 0 Å². The predicted octanol–water partition coefficient (Wildman–Crippen LogP) is 3.01. The van der Waals surface area contributed by atoms with Crippen molar-refractivity contribution in [2.45, 2.75) is 31.9 Å². The summed E-state index contributed by atoms with van der Waals surface area (Å²) >= 11 is 0. The number of hydrogen-bond acceptors (Lipinski definition) is 4. The Morgan fingerprint density at radius 3 is 2.88 bits per heavy atom. The molecule has 0 aromatic carbocycles. The van der Waals surface area contributed by atoms with Crippen molar-refractivity contribution in [1.29, 1.82) is 0 Å². The minimum absolute atomic E-state index is 0.00354. The van der Waals surface area contributed by atoms with E-state index in [2.05, 4.69) is 11.6 Å². The molecule has 0 unspecified atom stereocenters. The molecule has 5 nitrogen and oxygen atoms in total. The predicted molar refractivity (Wildman–Crippen MR) is 90.8 cm³/mol. The lowest BCUT2D eigenvalue weighted by Crippen LogP contribution is -2.41. The molecule has 1 aliphatic rings. The Hall–Kier alpha value is -2.40. The number of hydrogen-bond donors (Lipinski definition) is 0. The number of aromatic nitrogens is 1. The molecule has 0 aliphatic carbocycles. The summed E-state index contributed by atoms with van der Waals surface area (Å²) in [6, 6.07) is 7.47. The summed E-state index contributed by atoms with van der Waals surface area (Å²) < 4.78 is 11.4. The quantitative estimate of drug-likeness (QED) is 0.766. The second-order valence-electron chi connectivity index (χ2n) is 5.98. The first kappa shape index (κ1) is 16.5. The van der Waals surface area contributed by atoms with E-state index in [0.717, 1.165) is 24.2 Å². The minimum atomic E-state index is -0.0770. The molecule has 1 fully saturated rings. The molecular formula is C19H22N2O3. The number of aryl methyl sites for hydroxylation is 1. The second kappa shape index (κ2) is 7.45. The first-order valence-corrected chi connectivity index (χ1v) is 8.18. The number of amides is 1. The van der Waals surface area contributed by atoms with Gasteiger partial charge in [-0.1, -0.05) is 6.08 Å². The molecule has 126 valence electrons. The molecule has 0 bridgehead atoms. The van der Waals surface area contributed by atoms with E-state index < -0.39 is 0 Å². The lowest BCUT2D eigenvalue weighted by Gasteiger charge is -2.27. The van der Waals surface area contributed by atoms with Crippen LogP contribution >= 0.6 is 0 Å². The number of pyridine rings is 1. The standard InChI is InChI=1S/C19H22N2O3/c1-3-12-23-17-8-11-21(19(22)18-5-4-14(2)24-18)16(17)13-15-6-9-20-10-7-15/h3-7,9-10,16-17H,1,8,11-13H2,2H3/t16-,17-/m0/s1. The van der Waals surface area contributed by atoms with E-state index in [4.69, 9.17) is 9.15 Å². The fourth-order valence-corrected chi connectivity index (χ4v) is 3.16. The Labute approximate surface area is 141 Å². The Morgan fingerprint density at radius 2 is 2.21 bits per heavy atom. The lowest BCUT2D eigenvalue weighted by atomic mass is 10.0. The number of carbonyl (C=O) groups is 1. The van der Waals surface area contributed by atoms with Gasteiger partial charge in [-0.3, -0.25) is 9.78 Å². The van der Waals surface area contributed by atoms with Crippen LogP contribution in [0.1, 0.15) is 28.3 Å². The molecule has 0 saturated carbocycles. The van der Waals surface area contributed by atoms with E-state index in [1.165, 1.54) is 0 Å². The Morgan fingerprint density at radius 1 is 1.42 bits per heavy atom. The maximum atomic E-state index is 12.8. The van der Waals surface area contributed by atoms with Gasteiger partial charge >= 0.3 is 0 Å². The van der Waals surface area contributed by atoms with Crippen molar-refractivity contribution in [3.63, 3.8) is 0 Å². The van der Waals surface area contributed by atoms with Crippen molar-refractivity contribution in [2.24, 2.45) is 0 Å². The number of furan rings is 1. The molecule has 0 spiro atoms. The van der Waals surface area contributed by atoms with Crippen LogP contribution in [0, 0.1) is 6.92 Å². The van der Waals surface area contributed by atoms with Gasteiger partial charge in [-0.2, -0.15) is 0 Å². The SMILES string of the molecule is C=CCO[C@H]1CCN(C(=O)c2ccc(C)o2)[C@H]1Cc1ccncc1. The van der Waals surface area contributed by atoms with Crippen molar-refractivity contribution >= 4 is 5.91 Å². The molecular weight excluding hydrogens is 304 g/mol. The lowest BCUT2D eigenvalue weighted by molar-refractivity contribution is 0.0365. The highest BCUT2D eigenvalue weighted by Gasteiger charge is 2.38. The fourth-order valence-electron chi connectivity index (χ4n) is 3.16. The molecule has 2 aromatic rings. The smallest absolute Gasteiger partial charge is 0.289 e. The number of carbonyl (C=O) groups excluding carboxylic acids is 1. The summed E-state index contributed by atoms with van der Waals surface area (Å²) in [6.07, 6.45) is 6.82. The molecule has 3 heterocycles. The van der Waals surface area contributed by atoms with Gasteiger partial charge in [0.25, 0.3) is 5.91 Å². The fraction of sp³-hybridized carbons (Fsp3) is 0.368. The Kier molecular flexibility index (Phi) is 5.11. The van der Waals surface area contributed by atoms with Crippen LogP contribution in [0.15, 0.2) is 53.7 Å². The maximum Gasteiger partial charge on any atom is 0.289 e. The summed E-state index contributed by atoms with van der Waals surface area (Å²) in [4.78, 5) is 18.7. The van der Waals surface area contributed by atoms with Gasteiger partial charge in [0.1, 0.15) is 5.76 Å². The molecule has 3 rings (SSSR count).